The summed E-state index contributed by atoms with van der Waals surface area (Å²) in [5.74, 6) is -0.791. The summed E-state index contributed by atoms with van der Waals surface area (Å²) in [6.45, 7) is 2.55. The third-order valence-corrected chi connectivity index (χ3v) is 8.57. The molecule has 1 saturated heterocycles. The van der Waals surface area contributed by atoms with Crippen LogP contribution >= 0.6 is 11.6 Å². The van der Waals surface area contributed by atoms with E-state index in [1.54, 1.807) is 19.1 Å². The Bertz CT molecular complexity index is 1660. The van der Waals surface area contributed by atoms with Crippen LogP contribution in [0.25, 0.3) is 16.9 Å². The predicted octanol–water partition coefficient (Wildman–Crippen LogP) is 5.41. The first-order valence-corrected chi connectivity index (χ1v) is 13.4. The van der Waals surface area contributed by atoms with E-state index in [0.717, 1.165) is 25.1 Å². The number of amides is 1. The van der Waals surface area contributed by atoms with Crippen molar-refractivity contribution >= 4 is 38.9 Å². The van der Waals surface area contributed by atoms with Gasteiger partial charge < -0.3 is 5.32 Å². The lowest BCUT2D eigenvalue weighted by Gasteiger charge is -2.16. The van der Waals surface area contributed by atoms with Crippen LogP contribution in [0.5, 0.6) is 0 Å². The Balaban J connectivity index is 1.53. The van der Waals surface area contributed by atoms with E-state index >= 15 is 0 Å². The molecule has 0 saturated carbocycles. The van der Waals surface area contributed by atoms with Crippen LogP contribution in [0.4, 0.5) is 18.9 Å². The summed E-state index contributed by atoms with van der Waals surface area (Å²) in [4.78, 5) is 17.5. The van der Waals surface area contributed by atoms with Crippen LogP contribution in [0.15, 0.2) is 59.6 Å². The zero-order valence-corrected chi connectivity index (χ0v) is 21.5. The van der Waals surface area contributed by atoms with Crippen LogP contribution in [0.1, 0.15) is 34.5 Å². The number of nitrogens with one attached hydrogen (secondary N) is 1. The van der Waals surface area contributed by atoms with Crippen molar-refractivity contribution in [1.29, 1.82) is 0 Å². The number of carbonyl (C=O) groups is 1. The van der Waals surface area contributed by atoms with Crippen LogP contribution in [-0.4, -0.2) is 46.3 Å². The zero-order chi connectivity index (χ0) is 27.2. The maximum atomic E-state index is 13.9. The molecule has 1 fully saturated rings. The minimum Gasteiger partial charge on any atom is -0.322 e. The normalized spacial score (nSPS) is 14.8. The Hall–Kier alpha value is -3.48. The van der Waals surface area contributed by atoms with Crippen molar-refractivity contribution in [2.24, 2.45) is 0 Å². The number of alkyl halides is 3. The summed E-state index contributed by atoms with van der Waals surface area (Å²) in [7, 11) is -3.73. The lowest BCUT2D eigenvalue weighted by atomic mass is 10.1. The second-order valence-electron chi connectivity index (χ2n) is 8.88. The fourth-order valence-corrected chi connectivity index (χ4v) is 5.97. The summed E-state index contributed by atoms with van der Waals surface area (Å²) < 4.78 is 69.5. The van der Waals surface area contributed by atoms with Gasteiger partial charge in [0.25, 0.3) is 5.91 Å². The number of benzene rings is 2. The largest absolute Gasteiger partial charge is 0.433 e. The van der Waals surface area contributed by atoms with Gasteiger partial charge in [-0.3, -0.25) is 4.79 Å². The minimum absolute atomic E-state index is 0.00920. The Morgan fingerprint density at radius 3 is 2.50 bits per heavy atom. The average molecular weight is 564 g/mol. The fourth-order valence-electron chi connectivity index (χ4n) is 4.29. The van der Waals surface area contributed by atoms with Crippen LogP contribution in [0.3, 0.4) is 0 Å². The number of hydrogen-bond acceptors (Lipinski definition) is 5. The fraction of sp³-hybridized carbons (Fsp3) is 0.240. The van der Waals surface area contributed by atoms with Crippen LogP contribution < -0.4 is 5.32 Å². The van der Waals surface area contributed by atoms with Gasteiger partial charge >= 0.3 is 6.18 Å². The quantitative estimate of drug-likeness (QED) is 0.350. The zero-order valence-electron chi connectivity index (χ0n) is 20.0. The van der Waals surface area contributed by atoms with Gasteiger partial charge in [0, 0.05) is 29.4 Å². The van der Waals surface area contributed by atoms with E-state index in [4.69, 9.17) is 11.6 Å². The minimum atomic E-state index is -4.78. The molecule has 4 aromatic rings. The molecule has 8 nitrogen and oxygen atoms in total. The monoisotopic (exact) mass is 563 g/mol. The summed E-state index contributed by atoms with van der Waals surface area (Å²) in [5.41, 5.74) is -0.450. The molecule has 2 aromatic heterocycles. The van der Waals surface area contributed by atoms with E-state index in [0.29, 0.717) is 33.8 Å². The van der Waals surface area contributed by atoms with Crippen molar-refractivity contribution in [1.82, 2.24) is 18.9 Å². The summed E-state index contributed by atoms with van der Waals surface area (Å²) >= 11 is 6.06. The van der Waals surface area contributed by atoms with E-state index < -0.39 is 27.8 Å². The molecule has 0 radical (unpaired) electrons. The van der Waals surface area contributed by atoms with Crippen molar-refractivity contribution in [3.8, 4) is 11.3 Å². The van der Waals surface area contributed by atoms with Crippen molar-refractivity contribution in [2.45, 2.75) is 30.8 Å². The lowest BCUT2D eigenvalue weighted by molar-refractivity contribution is -0.142. The van der Waals surface area contributed by atoms with Gasteiger partial charge in [-0.1, -0.05) is 23.7 Å². The van der Waals surface area contributed by atoms with E-state index in [-0.39, 0.29) is 27.5 Å². The highest BCUT2D eigenvalue weighted by atomic mass is 35.5. The number of hydrogen-bond donors (Lipinski definition) is 1. The molecule has 1 aliphatic heterocycles. The number of halogens is 4. The summed E-state index contributed by atoms with van der Waals surface area (Å²) in [6, 6.07) is 11.3. The maximum absolute atomic E-state index is 13.9. The van der Waals surface area contributed by atoms with Crippen molar-refractivity contribution < 1.29 is 26.4 Å². The second-order valence-corrected chi connectivity index (χ2v) is 11.2. The van der Waals surface area contributed by atoms with E-state index in [1.165, 1.54) is 34.6 Å². The molecular formula is C25H21ClF3N5O3S. The Kier molecular flexibility index (Phi) is 6.66. The maximum Gasteiger partial charge on any atom is 0.433 e. The van der Waals surface area contributed by atoms with Crippen LogP contribution in [0.2, 0.25) is 5.02 Å². The third kappa shape index (κ3) is 4.86. The van der Waals surface area contributed by atoms with E-state index in [2.05, 4.69) is 15.4 Å². The summed E-state index contributed by atoms with van der Waals surface area (Å²) in [5, 5.41) is 6.78. The van der Waals surface area contributed by atoms with Crippen molar-refractivity contribution in [3.05, 3.63) is 76.6 Å². The standard InChI is InChI=1S/C25H21ClF3N5O3S/c1-15-11-16(7-8-20(15)26)21-13-22(25(27,28)29)34-23(32-21)19(14-30-34)24(35)31-17-5-4-6-18(12-17)38(36,37)33-9-2-3-10-33/h4-8,11-14H,2-3,9-10H2,1H3,(H,31,35). The smallest absolute Gasteiger partial charge is 0.322 e. The van der Waals surface area contributed by atoms with E-state index in [9.17, 15) is 26.4 Å². The van der Waals surface area contributed by atoms with Crippen LogP contribution in [0, 0.1) is 6.92 Å². The first-order valence-electron chi connectivity index (χ1n) is 11.6. The molecule has 0 aliphatic carbocycles. The highest BCUT2D eigenvalue weighted by molar-refractivity contribution is 7.89. The molecule has 0 unspecified atom stereocenters. The number of anilines is 1. The number of nitrogens with zero attached hydrogens (tertiary/aromatic N) is 4. The number of carbonyl (C=O) groups excluding carboxylic acids is 1. The first-order chi connectivity index (χ1) is 17.9. The van der Waals surface area contributed by atoms with Crippen molar-refractivity contribution in [2.75, 3.05) is 18.4 Å². The van der Waals surface area contributed by atoms with Gasteiger partial charge in [0.15, 0.2) is 11.3 Å². The molecule has 1 N–H and O–H groups in total. The van der Waals surface area contributed by atoms with Crippen molar-refractivity contribution in [3.63, 3.8) is 0 Å². The molecule has 13 heteroatoms. The Morgan fingerprint density at radius 2 is 1.82 bits per heavy atom. The van der Waals surface area contributed by atoms with Gasteiger partial charge in [-0.2, -0.15) is 22.6 Å². The average Bonchev–Trinajstić information content (AvgIpc) is 3.55. The number of sulfonamides is 1. The molecule has 3 heterocycles. The highest BCUT2D eigenvalue weighted by Crippen LogP contribution is 2.34. The topological polar surface area (TPSA) is 96.7 Å². The summed E-state index contributed by atoms with van der Waals surface area (Å²) in [6.07, 6.45) is -2.24. The van der Waals surface area contributed by atoms with E-state index in [1.807, 2.05) is 0 Å². The molecule has 0 atom stereocenters. The molecular weight excluding hydrogens is 543 g/mol. The Labute approximate surface area is 221 Å². The molecule has 5 rings (SSSR count). The molecule has 2 aromatic carbocycles. The molecule has 1 aliphatic rings. The molecule has 1 amide bonds. The molecule has 198 valence electrons. The van der Waals surface area contributed by atoms with Gasteiger partial charge in [0.1, 0.15) is 5.56 Å². The number of rotatable bonds is 5. The number of aryl methyl sites for hydroxylation is 1. The first kappa shape index (κ1) is 26.1. The third-order valence-electron chi connectivity index (χ3n) is 6.26. The second kappa shape index (κ2) is 9.68. The predicted molar refractivity (Wildman–Crippen MR) is 136 cm³/mol. The van der Waals surface area contributed by atoms with Gasteiger partial charge in [0.2, 0.25) is 10.0 Å². The SMILES string of the molecule is Cc1cc(-c2cc(C(F)(F)F)n3ncc(C(=O)Nc4cccc(S(=O)(=O)N5CCCC5)c4)c3n2)ccc1Cl. The highest BCUT2D eigenvalue weighted by Gasteiger charge is 2.36. The molecule has 38 heavy (non-hydrogen) atoms. The number of aromatic nitrogens is 3. The van der Waals surface area contributed by atoms with Gasteiger partial charge in [0.05, 0.1) is 16.8 Å². The van der Waals surface area contributed by atoms with Gasteiger partial charge in [-0.25, -0.2) is 17.9 Å². The van der Waals surface area contributed by atoms with Gasteiger partial charge in [-0.05, 0) is 61.7 Å². The lowest BCUT2D eigenvalue weighted by Crippen LogP contribution is -2.27. The Morgan fingerprint density at radius 1 is 1.08 bits per heavy atom. The molecule has 0 spiro atoms. The number of fused-ring (bicyclic) bond motifs is 1. The van der Waals surface area contributed by atoms with Crippen LogP contribution in [-0.2, 0) is 16.2 Å². The molecule has 0 bridgehead atoms. The van der Waals surface area contributed by atoms with Gasteiger partial charge in [-0.15, -0.1) is 0 Å².